The summed E-state index contributed by atoms with van der Waals surface area (Å²) in [5, 5.41) is 11.8. The van der Waals surface area contributed by atoms with E-state index >= 15 is 0 Å². The van der Waals surface area contributed by atoms with Gasteiger partial charge in [-0.15, -0.1) is 0 Å². The SMILES string of the molecule is CS(=O)(=O)/N=C(/[O-])C1CCC(OC(=O)c2cc(I)cc(I)c2I)CC1. The molecule has 0 aromatic heterocycles. The van der Waals surface area contributed by atoms with E-state index in [1.54, 1.807) is 6.07 Å². The molecular formula is C15H15I3NO5S-. The molecule has 6 nitrogen and oxygen atoms in total. The Morgan fingerprint density at radius 3 is 2.36 bits per heavy atom. The molecule has 0 aliphatic heterocycles. The van der Waals surface area contributed by atoms with Gasteiger partial charge in [-0.2, -0.15) is 4.40 Å². The number of benzene rings is 1. The molecule has 1 aliphatic carbocycles. The molecule has 0 amide bonds. The van der Waals surface area contributed by atoms with Gasteiger partial charge in [-0.05, 0) is 117 Å². The van der Waals surface area contributed by atoms with Crippen molar-refractivity contribution in [1.29, 1.82) is 0 Å². The largest absolute Gasteiger partial charge is 0.861 e. The van der Waals surface area contributed by atoms with Gasteiger partial charge in [-0.25, -0.2) is 13.2 Å². The maximum absolute atomic E-state index is 12.4. The van der Waals surface area contributed by atoms with E-state index in [0.29, 0.717) is 31.2 Å². The van der Waals surface area contributed by atoms with Crippen LogP contribution in [0, 0.1) is 16.6 Å². The maximum Gasteiger partial charge on any atom is 0.339 e. The Kier molecular flexibility index (Phi) is 7.77. The molecule has 0 heterocycles. The minimum atomic E-state index is -3.67. The molecule has 0 spiro atoms. The van der Waals surface area contributed by atoms with E-state index < -0.39 is 21.8 Å². The monoisotopic (exact) mass is 702 g/mol. The number of hydrogen-bond donors (Lipinski definition) is 0. The van der Waals surface area contributed by atoms with Gasteiger partial charge in [0.15, 0.2) is 0 Å². The first-order valence-electron chi connectivity index (χ1n) is 7.39. The van der Waals surface area contributed by atoms with Crippen LogP contribution in [0.25, 0.3) is 0 Å². The maximum atomic E-state index is 12.4. The van der Waals surface area contributed by atoms with Crippen molar-refractivity contribution in [2.45, 2.75) is 31.8 Å². The van der Waals surface area contributed by atoms with Crippen molar-refractivity contribution in [3.05, 3.63) is 28.4 Å². The van der Waals surface area contributed by atoms with Crippen LogP contribution in [0.15, 0.2) is 16.5 Å². The molecule has 25 heavy (non-hydrogen) atoms. The van der Waals surface area contributed by atoms with Gasteiger partial charge in [0.2, 0.25) is 10.0 Å². The third kappa shape index (κ3) is 6.45. The summed E-state index contributed by atoms with van der Waals surface area (Å²) in [6, 6.07) is 3.79. The molecule has 1 aliphatic rings. The van der Waals surface area contributed by atoms with E-state index in [-0.39, 0.29) is 12.1 Å². The number of carbonyl (C=O) groups is 1. The molecular weight excluding hydrogens is 687 g/mol. The summed E-state index contributed by atoms with van der Waals surface area (Å²) in [5.41, 5.74) is 0.544. The number of ether oxygens (including phenoxy) is 1. The van der Waals surface area contributed by atoms with Gasteiger partial charge in [0.05, 0.1) is 11.8 Å². The van der Waals surface area contributed by atoms with Gasteiger partial charge < -0.3 is 9.84 Å². The predicted molar refractivity (Wildman–Crippen MR) is 118 cm³/mol. The van der Waals surface area contributed by atoms with Crippen molar-refractivity contribution >= 4 is 89.7 Å². The van der Waals surface area contributed by atoms with Gasteiger partial charge in [0.1, 0.15) is 6.10 Å². The Balaban J connectivity index is 1.99. The number of esters is 1. The quantitative estimate of drug-likeness (QED) is 0.158. The lowest BCUT2D eigenvalue weighted by Crippen LogP contribution is -2.34. The Morgan fingerprint density at radius 2 is 1.80 bits per heavy atom. The van der Waals surface area contributed by atoms with E-state index in [4.69, 9.17) is 4.74 Å². The highest BCUT2D eigenvalue weighted by Crippen LogP contribution is 2.29. The fourth-order valence-corrected chi connectivity index (χ4v) is 5.44. The van der Waals surface area contributed by atoms with E-state index in [0.717, 1.165) is 17.0 Å². The fraction of sp³-hybridized carbons (Fsp3) is 0.467. The fourth-order valence-electron chi connectivity index (χ4n) is 2.58. The second-order valence-corrected chi connectivity index (χ2v) is 10.9. The molecule has 1 aromatic rings. The van der Waals surface area contributed by atoms with Crippen LogP contribution in [0.4, 0.5) is 0 Å². The minimum absolute atomic E-state index is 0.263. The molecule has 0 radical (unpaired) electrons. The third-order valence-corrected chi connectivity index (χ3v) is 7.95. The zero-order chi connectivity index (χ0) is 18.8. The topological polar surface area (TPSA) is 95.9 Å². The number of hydrogen-bond acceptors (Lipinski definition) is 5. The Bertz CT molecular complexity index is 802. The van der Waals surface area contributed by atoms with Crippen LogP contribution in [0.5, 0.6) is 0 Å². The van der Waals surface area contributed by atoms with E-state index in [1.165, 1.54) is 0 Å². The molecule has 0 atom stereocenters. The standard InChI is InChI=1S/C15H16I3NO5S/c1-25(22,23)19-14(20)8-2-4-10(5-3-8)24-15(21)11-6-9(16)7-12(17)13(11)18/h6-8,10H,2-5H2,1H3,(H,19,20)/p-1. The summed E-state index contributed by atoms with van der Waals surface area (Å²) in [4.78, 5) is 12.4. The summed E-state index contributed by atoms with van der Waals surface area (Å²) in [6.45, 7) is 0. The molecule has 0 bridgehead atoms. The van der Waals surface area contributed by atoms with E-state index in [2.05, 4.69) is 72.2 Å². The lowest BCUT2D eigenvalue weighted by Gasteiger charge is -2.31. The molecule has 10 heteroatoms. The third-order valence-electron chi connectivity index (χ3n) is 3.77. The molecule has 1 fully saturated rings. The summed E-state index contributed by atoms with van der Waals surface area (Å²) < 4.78 is 33.8. The minimum Gasteiger partial charge on any atom is -0.861 e. The van der Waals surface area contributed by atoms with Crippen molar-refractivity contribution in [2.75, 3.05) is 6.26 Å². The summed E-state index contributed by atoms with van der Waals surface area (Å²) in [7, 11) is -3.67. The van der Waals surface area contributed by atoms with Crippen molar-refractivity contribution in [2.24, 2.45) is 10.3 Å². The first kappa shape index (κ1) is 21.6. The molecule has 2 rings (SSSR count). The van der Waals surface area contributed by atoms with Crippen molar-refractivity contribution in [1.82, 2.24) is 0 Å². The number of sulfonamides is 1. The van der Waals surface area contributed by atoms with Crippen LogP contribution >= 0.6 is 67.8 Å². The van der Waals surface area contributed by atoms with Crippen molar-refractivity contribution < 1.29 is 23.1 Å². The lowest BCUT2D eigenvalue weighted by atomic mass is 9.87. The zero-order valence-corrected chi connectivity index (χ0v) is 20.5. The van der Waals surface area contributed by atoms with E-state index in [9.17, 15) is 18.3 Å². The van der Waals surface area contributed by atoms with Gasteiger partial charge in [0, 0.05) is 10.7 Å². The number of nitrogens with zero attached hydrogens (tertiary/aromatic N) is 1. The smallest absolute Gasteiger partial charge is 0.339 e. The average molecular weight is 702 g/mol. The van der Waals surface area contributed by atoms with Crippen LogP contribution in [0.2, 0.25) is 0 Å². The predicted octanol–water partition coefficient (Wildman–Crippen LogP) is 2.93. The normalized spacial score (nSPS) is 21.8. The zero-order valence-electron chi connectivity index (χ0n) is 13.2. The Morgan fingerprint density at radius 1 is 1.20 bits per heavy atom. The highest BCUT2D eigenvalue weighted by atomic mass is 127. The van der Waals surface area contributed by atoms with Crippen LogP contribution in [-0.4, -0.2) is 32.6 Å². The Labute approximate surface area is 187 Å². The molecule has 1 aromatic carbocycles. The van der Waals surface area contributed by atoms with E-state index in [1.807, 2.05) is 6.07 Å². The van der Waals surface area contributed by atoms with Crippen LogP contribution in [0.1, 0.15) is 36.0 Å². The van der Waals surface area contributed by atoms with Crippen LogP contribution in [-0.2, 0) is 14.8 Å². The number of carbonyl (C=O) groups excluding carboxylic acids is 1. The number of halogens is 3. The molecule has 1 saturated carbocycles. The number of rotatable bonds is 4. The lowest BCUT2D eigenvalue weighted by molar-refractivity contribution is -0.224. The first-order chi connectivity index (χ1) is 11.6. The Hall–Kier alpha value is 0.300. The highest BCUT2D eigenvalue weighted by Gasteiger charge is 2.26. The van der Waals surface area contributed by atoms with Gasteiger partial charge >= 0.3 is 5.97 Å². The van der Waals surface area contributed by atoms with Gasteiger partial charge in [0.25, 0.3) is 0 Å². The average Bonchev–Trinajstić information content (AvgIpc) is 2.49. The summed E-state index contributed by atoms with van der Waals surface area (Å²) in [5.74, 6) is -1.38. The second kappa shape index (κ2) is 8.99. The molecule has 0 saturated heterocycles. The van der Waals surface area contributed by atoms with Crippen LogP contribution < -0.4 is 5.11 Å². The van der Waals surface area contributed by atoms with Gasteiger partial charge in [-0.1, -0.05) is 0 Å². The van der Waals surface area contributed by atoms with Crippen molar-refractivity contribution in [3.8, 4) is 0 Å². The van der Waals surface area contributed by atoms with Crippen LogP contribution in [0.3, 0.4) is 0 Å². The molecule has 0 N–H and O–H groups in total. The first-order valence-corrected chi connectivity index (χ1v) is 12.5. The summed E-state index contributed by atoms with van der Waals surface area (Å²) in [6.07, 6.45) is 2.63. The molecule has 138 valence electrons. The highest BCUT2D eigenvalue weighted by molar-refractivity contribution is 14.1. The van der Waals surface area contributed by atoms with Gasteiger partial charge in [-0.3, -0.25) is 0 Å². The second-order valence-electron chi connectivity index (χ2n) is 5.79. The molecule has 0 unspecified atom stereocenters. The van der Waals surface area contributed by atoms with Crippen molar-refractivity contribution in [3.63, 3.8) is 0 Å². The summed E-state index contributed by atoms with van der Waals surface area (Å²) >= 11 is 6.47.